The number of carbonyl (C=O) groups is 3. The molecule has 3 amide bonds. The van der Waals surface area contributed by atoms with E-state index in [4.69, 9.17) is 13.9 Å². The Morgan fingerprint density at radius 3 is 2.73 bits per heavy atom. The van der Waals surface area contributed by atoms with Crippen molar-refractivity contribution in [1.82, 2.24) is 30.2 Å². The van der Waals surface area contributed by atoms with Crippen molar-refractivity contribution in [2.75, 3.05) is 39.6 Å². The van der Waals surface area contributed by atoms with E-state index in [2.05, 4.69) is 25.3 Å². The van der Waals surface area contributed by atoms with Crippen LogP contribution < -0.4 is 24.8 Å². The van der Waals surface area contributed by atoms with Gasteiger partial charge in [0, 0.05) is 61.6 Å². The lowest BCUT2D eigenvalue weighted by Crippen LogP contribution is -2.48. The number of H-pyrrole nitrogens is 1. The van der Waals surface area contributed by atoms with Gasteiger partial charge in [-0.1, -0.05) is 18.2 Å². The molecular formula is C34H42N6O8S. The lowest BCUT2D eigenvalue weighted by Gasteiger charge is -2.23. The lowest BCUT2D eigenvalue weighted by atomic mass is 10.0. The van der Waals surface area contributed by atoms with Gasteiger partial charge in [-0.15, -0.1) is 0 Å². The van der Waals surface area contributed by atoms with Crippen LogP contribution in [0.15, 0.2) is 53.1 Å². The molecule has 4 aromatic rings. The van der Waals surface area contributed by atoms with Gasteiger partial charge in [0.25, 0.3) is 0 Å². The van der Waals surface area contributed by atoms with E-state index in [1.165, 1.54) is 7.11 Å². The van der Waals surface area contributed by atoms with Crippen molar-refractivity contribution in [3.05, 3.63) is 65.7 Å². The van der Waals surface area contributed by atoms with Crippen LogP contribution in [0.2, 0.25) is 0 Å². The average Bonchev–Trinajstić information content (AvgIpc) is 3.66. The molecule has 2 aromatic carbocycles. The zero-order valence-electron chi connectivity index (χ0n) is 27.8. The number of carbonyl (C=O) groups excluding carboxylic acids is 3. The lowest BCUT2D eigenvalue weighted by molar-refractivity contribution is -0.132. The molecule has 2 aliphatic rings. The Hall–Kier alpha value is -4.89. The Bertz CT molecular complexity index is 1900. The van der Waals surface area contributed by atoms with E-state index in [0.717, 1.165) is 22.7 Å². The maximum absolute atomic E-state index is 13.6. The minimum Gasteiger partial charge on any atom is -0.493 e. The second-order valence-electron chi connectivity index (χ2n) is 11.9. The van der Waals surface area contributed by atoms with Crippen molar-refractivity contribution >= 4 is 38.6 Å². The molecule has 0 unspecified atom stereocenters. The first kappa shape index (κ1) is 35.4. The van der Waals surface area contributed by atoms with Crippen LogP contribution in [-0.4, -0.2) is 86.7 Å². The monoisotopic (exact) mass is 694 g/mol. The molecule has 0 aliphatic carbocycles. The third-order valence-electron chi connectivity index (χ3n) is 8.20. The summed E-state index contributed by atoms with van der Waals surface area (Å²) in [6, 6.07) is 12.1. The summed E-state index contributed by atoms with van der Waals surface area (Å²) in [5, 5.41) is 6.77. The fourth-order valence-corrected chi connectivity index (χ4v) is 6.13. The quantitative estimate of drug-likeness (QED) is 0.226. The number of oxazole rings is 1. The highest BCUT2D eigenvalue weighted by molar-refractivity contribution is 7.88. The zero-order valence-corrected chi connectivity index (χ0v) is 28.7. The van der Waals surface area contributed by atoms with Crippen molar-refractivity contribution in [2.24, 2.45) is 0 Å². The van der Waals surface area contributed by atoms with Crippen LogP contribution in [0.3, 0.4) is 0 Å². The van der Waals surface area contributed by atoms with Crippen LogP contribution >= 0.6 is 0 Å². The number of para-hydroxylation sites is 1. The SMILES string of the molecule is COc1cc2ccc1OCCCN(C(=O)CCNS(C)(=O)=O)CCCC(=O)N[C@@H](Cc1c[nH]c3ccccc13)C(=O)NCc1nc-2oc1C. The highest BCUT2D eigenvalue weighted by atomic mass is 32.2. The van der Waals surface area contributed by atoms with E-state index < -0.39 is 16.1 Å². The van der Waals surface area contributed by atoms with Crippen molar-refractivity contribution in [2.45, 2.75) is 51.6 Å². The number of hydrogen-bond acceptors (Lipinski definition) is 9. The first-order valence-corrected chi connectivity index (χ1v) is 18.0. The van der Waals surface area contributed by atoms with E-state index in [9.17, 15) is 22.8 Å². The van der Waals surface area contributed by atoms with Gasteiger partial charge in [-0.25, -0.2) is 18.1 Å². The predicted molar refractivity (Wildman–Crippen MR) is 182 cm³/mol. The molecule has 0 radical (unpaired) electrons. The molecular weight excluding hydrogens is 652 g/mol. The number of aryl methyl sites for hydroxylation is 1. The number of fused-ring (bicyclic) bond motifs is 16. The number of ether oxygens (including phenoxy) is 2. The molecule has 2 aliphatic heterocycles. The number of nitrogens with zero attached hydrogens (tertiary/aromatic N) is 2. The molecule has 0 saturated carbocycles. The number of hydrogen-bond donors (Lipinski definition) is 4. The third-order valence-corrected chi connectivity index (χ3v) is 8.93. The number of nitrogens with one attached hydrogen (secondary N) is 4. The number of benzene rings is 2. The summed E-state index contributed by atoms with van der Waals surface area (Å²) < 4.78 is 42.9. The Morgan fingerprint density at radius 1 is 1.14 bits per heavy atom. The van der Waals surface area contributed by atoms with Crippen LogP contribution in [-0.2, 0) is 37.4 Å². The van der Waals surface area contributed by atoms with Gasteiger partial charge in [0.2, 0.25) is 33.6 Å². The van der Waals surface area contributed by atoms with E-state index in [1.807, 2.05) is 30.5 Å². The standard InChI is InChI=1S/C34H42N6O8S/c1-22-28-21-36-33(43)27(18-24-20-35-26-9-5-4-8-25(24)26)38-31(41)10-6-15-40(32(42)13-14-37-49(3,44)45)16-7-17-47-29-12-11-23(19-30(29)46-2)34(39-28)48-22/h4-5,8-9,11-12,19-20,27,35,37H,6-7,10,13-18,21H2,1-3H3,(H,36,43)(H,38,41)/t27-/m0/s1. The topological polar surface area (TPSA) is 185 Å². The molecule has 0 saturated heterocycles. The minimum absolute atomic E-state index is 0.0369. The molecule has 2 aromatic heterocycles. The number of aromatic amines is 1. The zero-order chi connectivity index (χ0) is 35.0. The summed E-state index contributed by atoms with van der Waals surface area (Å²) in [5.41, 5.74) is 2.99. The predicted octanol–water partition coefficient (Wildman–Crippen LogP) is 2.81. The van der Waals surface area contributed by atoms with Gasteiger partial charge in [0.15, 0.2) is 11.5 Å². The molecule has 4 heterocycles. The second kappa shape index (κ2) is 16.0. The Morgan fingerprint density at radius 2 is 1.94 bits per heavy atom. The van der Waals surface area contributed by atoms with Gasteiger partial charge in [0.05, 0.1) is 26.5 Å². The summed E-state index contributed by atoms with van der Waals surface area (Å²) in [4.78, 5) is 49.4. The molecule has 4 bridgehead atoms. The maximum Gasteiger partial charge on any atom is 0.243 e. The number of methoxy groups -OCH3 is 1. The minimum atomic E-state index is -3.45. The van der Waals surface area contributed by atoms with Gasteiger partial charge in [0.1, 0.15) is 17.5 Å². The van der Waals surface area contributed by atoms with E-state index in [-0.39, 0.29) is 63.2 Å². The number of aromatic nitrogens is 2. The summed E-state index contributed by atoms with van der Waals surface area (Å²) in [5.74, 6) is 0.884. The van der Waals surface area contributed by atoms with Crippen molar-refractivity contribution < 1.29 is 36.7 Å². The van der Waals surface area contributed by atoms with E-state index >= 15 is 0 Å². The van der Waals surface area contributed by atoms with Gasteiger partial charge < -0.3 is 34.4 Å². The average molecular weight is 695 g/mol. The molecule has 1 atom stereocenters. The Labute approximate surface area is 285 Å². The molecule has 4 N–H and O–H groups in total. The normalized spacial score (nSPS) is 16.8. The van der Waals surface area contributed by atoms with Crippen molar-refractivity contribution in [1.29, 1.82) is 0 Å². The number of rotatable bonds is 7. The third kappa shape index (κ3) is 9.60. The molecule has 49 heavy (non-hydrogen) atoms. The largest absolute Gasteiger partial charge is 0.493 e. The molecule has 0 spiro atoms. The maximum atomic E-state index is 13.6. The van der Waals surface area contributed by atoms with Crippen LogP contribution in [0.25, 0.3) is 22.4 Å². The smallest absolute Gasteiger partial charge is 0.243 e. The van der Waals surface area contributed by atoms with Gasteiger partial charge >= 0.3 is 0 Å². The fourth-order valence-electron chi connectivity index (χ4n) is 5.66. The fraction of sp³-hybridized carbons (Fsp3) is 0.412. The molecule has 6 rings (SSSR count). The Balaban J connectivity index is 1.38. The molecule has 14 nitrogen and oxygen atoms in total. The van der Waals surface area contributed by atoms with Crippen LogP contribution in [0.5, 0.6) is 11.5 Å². The van der Waals surface area contributed by atoms with Gasteiger partial charge in [-0.2, -0.15) is 0 Å². The highest BCUT2D eigenvalue weighted by Crippen LogP contribution is 2.33. The molecule has 262 valence electrons. The number of amides is 3. The molecule has 15 heteroatoms. The van der Waals surface area contributed by atoms with E-state index in [0.29, 0.717) is 53.8 Å². The molecule has 0 fully saturated rings. The second-order valence-corrected chi connectivity index (χ2v) is 13.7. The van der Waals surface area contributed by atoms with Crippen molar-refractivity contribution in [3.8, 4) is 23.0 Å². The summed E-state index contributed by atoms with van der Waals surface area (Å²) in [7, 11) is -1.92. The highest BCUT2D eigenvalue weighted by Gasteiger charge is 2.24. The number of sulfonamides is 1. The summed E-state index contributed by atoms with van der Waals surface area (Å²) in [6.45, 7) is 2.67. The Kier molecular flexibility index (Phi) is 11.6. The van der Waals surface area contributed by atoms with Gasteiger partial charge in [-0.3, -0.25) is 14.4 Å². The van der Waals surface area contributed by atoms with Gasteiger partial charge in [-0.05, 0) is 49.6 Å². The van der Waals surface area contributed by atoms with E-state index in [1.54, 1.807) is 30.0 Å². The van der Waals surface area contributed by atoms with Crippen LogP contribution in [0, 0.1) is 6.92 Å². The summed E-state index contributed by atoms with van der Waals surface area (Å²) in [6.07, 6.45) is 3.94. The first-order chi connectivity index (χ1) is 23.5. The first-order valence-electron chi connectivity index (χ1n) is 16.1. The summed E-state index contributed by atoms with van der Waals surface area (Å²) >= 11 is 0. The van der Waals surface area contributed by atoms with Crippen molar-refractivity contribution in [3.63, 3.8) is 0 Å². The van der Waals surface area contributed by atoms with Crippen LogP contribution in [0.1, 0.15) is 42.7 Å². The van der Waals surface area contributed by atoms with Crippen LogP contribution in [0.4, 0.5) is 0 Å².